The summed E-state index contributed by atoms with van der Waals surface area (Å²) < 4.78 is 5.32. The second kappa shape index (κ2) is 6.60. The number of hydrogen-bond donors (Lipinski definition) is 1. The molecule has 3 atom stereocenters. The first-order valence-electron chi connectivity index (χ1n) is 7.31. The highest BCUT2D eigenvalue weighted by atomic mass is 16.6. The summed E-state index contributed by atoms with van der Waals surface area (Å²) in [6.45, 7) is 8.46. The van der Waals surface area contributed by atoms with Crippen molar-refractivity contribution < 1.29 is 14.6 Å². The fourth-order valence-electron chi connectivity index (χ4n) is 2.56. The third kappa shape index (κ3) is 5.81. The standard InChI is InChI=1S/C15H29NO3/c1-11-10-12(6-7-13(11)17)8-9-16(5)14(18)19-15(2,3)4/h11-13,17H,6-10H2,1-5H3. The lowest BCUT2D eigenvalue weighted by molar-refractivity contribution is 0.0257. The van der Waals surface area contributed by atoms with Crippen molar-refractivity contribution in [2.24, 2.45) is 11.8 Å². The Bertz CT molecular complexity index is 298. The average Bonchev–Trinajstić information content (AvgIpc) is 2.28. The minimum absolute atomic E-state index is 0.139. The first-order valence-corrected chi connectivity index (χ1v) is 7.31. The normalized spacial score (nSPS) is 28.0. The van der Waals surface area contributed by atoms with Gasteiger partial charge >= 0.3 is 6.09 Å². The smallest absolute Gasteiger partial charge is 0.410 e. The highest BCUT2D eigenvalue weighted by Gasteiger charge is 2.26. The van der Waals surface area contributed by atoms with Gasteiger partial charge in [-0.1, -0.05) is 6.92 Å². The topological polar surface area (TPSA) is 49.8 Å². The molecule has 0 spiro atoms. The molecule has 4 nitrogen and oxygen atoms in total. The fraction of sp³-hybridized carbons (Fsp3) is 0.933. The van der Waals surface area contributed by atoms with Crippen molar-refractivity contribution in [3.63, 3.8) is 0 Å². The molecule has 112 valence electrons. The number of ether oxygens (including phenoxy) is 1. The second-order valence-electron chi connectivity index (χ2n) is 6.91. The average molecular weight is 271 g/mol. The maximum Gasteiger partial charge on any atom is 0.410 e. The van der Waals surface area contributed by atoms with Gasteiger partial charge in [-0.05, 0) is 58.3 Å². The quantitative estimate of drug-likeness (QED) is 0.858. The molecule has 0 aliphatic heterocycles. The van der Waals surface area contributed by atoms with Gasteiger partial charge in [0.1, 0.15) is 5.60 Å². The van der Waals surface area contributed by atoms with E-state index in [1.54, 1.807) is 11.9 Å². The molecule has 4 heteroatoms. The third-order valence-corrected chi connectivity index (χ3v) is 3.81. The van der Waals surface area contributed by atoms with Crippen LogP contribution in [0.5, 0.6) is 0 Å². The molecule has 1 amide bonds. The SMILES string of the molecule is CC1CC(CCN(C)C(=O)OC(C)(C)C)CCC1O. The lowest BCUT2D eigenvalue weighted by Crippen LogP contribution is -2.36. The Kier molecular flexibility index (Phi) is 5.65. The molecule has 1 N–H and O–H groups in total. The lowest BCUT2D eigenvalue weighted by Gasteiger charge is -2.32. The number of hydrogen-bond acceptors (Lipinski definition) is 3. The van der Waals surface area contributed by atoms with Crippen molar-refractivity contribution in [2.75, 3.05) is 13.6 Å². The van der Waals surface area contributed by atoms with Gasteiger partial charge in [-0.25, -0.2) is 4.79 Å². The van der Waals surface area contributed by atoms with E-state index >= 15 is 0 Å². The van der Waals surface area contributed by atoms with Gasteiger partial charge in [0.05, 0.1) is 6.10 Å². The molecular formula is C15H29NO3. The molecule has 3 unspecified atom stereocenters. The van der Waals surface area contributed by atoms with Crippen LogP contribution in [0.3, 0.4) is 0 Å². The number of amides is 1. The van der Waals surface area contributed by atoms with Gasteiger partial charge < -0.3 is 14.7 Å². The monoisotopic (exact) mass is 271 g/mol. The molecule has 0 aromatic heterocycles. The van der Waals surface area contributed by atoms with Crippen molar-refractivity contribution >= 4 is 6.09 Å². The van der Waals surface area contributed by atoms with Crippen LogP contribution < -0.4 is 0 Å². The van der Waals surface area contributed by atoms with Crippen LogP contribution in [0.1, 0.15) is 53.4 Å². The highest BCUT2D eigenvalue weighted by Crippen LogP contribution is 2.31. The summed E-state index contributed by atoms with van der Waals surface area (Å²) in [5, 5.41) is 9.70. The van der Waals surface area contributed by atoms with Crippen LogP contribution in [-0.2, 0) is 4.74 Å². The lowest BCUT2D eigenvalue weighted by atomic mass is 9.79. The molecule has 0 aromatic rings. The van der Waals surface area contributed by atoms with Crippen LogP contribution in [0, 0.1) is 11.8 Å². The van der Waals surface area contributed by atoms with E-state index in [0.29, 0.717) is 11.8 Å². The second-order valence-corrected chi connectivity index (χ2v) is 6.91. The molecular weight excluding hydrogens is 242 g/mol. The predicted molar refractivity (Wildman–Crippen MR) is 76.0 cm³/mol. The molecule has 0 bridgehead atoms. The molecule has 1 saturated carbocycles. The van der Waals surface area contributed by atoms with Crippen molar-refractivity contribution in [2.45, 2.75) is 65.1 Å². The number of carbonyl (C=O) groups excluding carboxylic acids is 1. The predicted octanol–water partition coefficient (Wildman–Crippen LogP) is 3.04. The molecule has 0 heterocycles. The molecule has 0 aromatic carbocycles. The number of nitrogens with zero attached hydrogens (tertiary/aromatic N) is 1. The molecule has 19 heavy (non-hydrogen) atoms. The van der Waals surface area contributed by atoms with Crippen LogP contribution in [0.2, 0.25) is 0 Å². The van der Waals surface area contributed by atoms with Gasteiger partial charge in [0.2, 0.25) is 0 Å². The minimum atomic E-state index is -0.436. The zero-order valence-electron chi connectivity index (χ0n) is 13.0. The zero-order chi connectivity index (χ0) is 14.6. The van der Waals surface area contributed by atoms with Crippen LogP contribution in [0.4, 0.5) is 4.79 Å². The van der Waals surface area contributed by atoms with Crippen LogP contribution in [0.25, 0.3) is 0 Å². The molecule has 1 rings (SSSR count). The zero-order valence-corrected chi connectivity index (χ0v) is 13.0. The van der Waals surface area contributed by atoms with Gasteiger partial charge in [0, 0.05) is 13.6 Å². The number of rotatable bonds is 3. The summed E-state index contributed by atoms with van der Waals surface area (Å²) in [5.41, 5.74) is -0.436. The van der Waals surface area contributed by atoms with Crippen molar-refractivity contribution in [3.8, 4) is 0 Å². The van der Waals surface area contributed by atoms with Gasteiger partial charge in [0.15, 0.2) is 0 Å². The Balaban J connectivity index is 2.30. The van der Waals surface area contributed by atoms with E-state index in [0.717, 1.165) is 32.2 Å². The molecule has 1 fully saturated rings. The van der Waals surface area contributed by atoms with Gasteiger partial charge in [-0.3, -0.25) is 0 Å². The maximum absolute atomic E-state index is 11.8. The van der Waals surface area contributed by atoms with Crippen molar-refractivity contribution in [1.82, 2.24) is 4.90 Å². The summed E-state index contributed by atoms with van der Waals surface area (Å²) in [4.78, 5) is 13.5. The van der Waals surface area contributed by atoms with E-state index in [1.165, 1.54) is 0 Å². The van der Waals surface area contributed by atoms with E-state index in [4.69, 9.17) is 4.74 Å². The van der Waals surface area contributed by atoms with Crippen molar-refractivity contribution in [3.05, 3.63) is 0 Å². The largest absolute Gasteiger partial charge is 0.444 e. The number of aliphatic hydroxyl groups is 1. The van der Waals surface area contributed by atoms with Gasteiger partial charge in [-0.15, -0.1) is 0 Å². The van der Waals surface area contributed by atoms with E-state index in [1.807, 2.05) is 20.8 Å². The Hall–Kier alpha value is -0.770. The summed E-state index contributed by atoms with van der Waals surface area (Å²) in [7, 11) is 1.79. The van der Waals surface area contributed by atoms with Gasteiger partial charge in [0.25, 0.3) is 0 Å². The molecule has 0 saturated heterocycles. The maximum atomic E-state index is 11.8. The third-order valence-electron chi connectivity index (χ3n) is 3.81. The summed E-state index contributed by atoms with van der Waals surface area (Å²) in [6, 6.07) is 0. The highest BCUT2D eigenvalue weighted by molar-refractivity contribution is 5.67. The summed E-state index contributed by atoms with van der Waals surface area (Å²) >= 11 is 0. The summed E-state index contributed by atoms with van der Waals surface area (Å²) in [5.74, 6) is 0.994. The molecule has 1 aliphatic rings. The van der Waals surface area contributed by atoms with Crippen LogP contribution >= 0.6 is 0 Å². The van der Waals surface area contributed by atoms with Crippen LogP contribution in [-0.4, -0.2) is 41.4 Å². The number of carbonyl (C=O) groups is 1. The minimum Gasteiger partial charge on any atom is -0.444 e. The Morgan fingerprint density at radius 2 is 2.00 bits per heavy atom. The Labute approximate surface area is 117 Å². The Morgan fingerprint density at radius 3 is 2.53 bits per heavy atom. The fourth-order valence-corrected chi connectivity index (χ4v) is 2.56. The van der Waals surface area contributed by atoms with E-state index in [2.05, 4.69) is 6.92 Å². The summed E-state index contributed by atoms with van der Waals surface area (Å²) in [6.07, 6.45) is 3.61. The molecule has 1 aliphatic carbocycles. The van der Waals surface area contributed by atoms with Gasteiger partial charge in [-0.2, -0.15) is 0 Å². The van der Waals surface area contributed by atoms with E-state index in [9.17, 15) is 9.90 Å². The first kappa shape index (κ1) is 16.3. The Morgan fingerprint density at radius 1 is 1.37 bits per heavy atom. The first-order chi connectivity index (χ1) is 8.69. The van der Waals surface area contributed by atoms with Crippen LogP contribution in [0.15, 0.2) is 0 Å². The molecule has 0 radical (unpaired) electrons. The number of aliphatic hydroxyl groups excluding tert-OH is 1. The van der Waals surface area contributed by atoms with E-state index in [-0.39, 0.29) is 12.2 Å². The van der Waals surface area contributed by atoms with Crippen molar-refractivity contribution in [1.29, 1.82) is 0 Å². The van der Waals surface area contributed by atoms with E-state index < -0.39 is 5.60 Å².